The van der Waals surface area contributed by atoms with Crippen molar-refractivity contribution < 1.29 is 9.53 Å². The molecule has 3 rings (SSSR count). The first-order valence-electron chi connectivity index (χ1n) is 9.37. The number of rotatable bonds is 4. The second kappa shape index (κ2) is 9.56. The van der Waals surface area contributed by atoms with E-state index in [1.165, 1.54) is 18.4 Å². The van der Waals surface area contributed by atoms with Crippen LogP contribution >= 0.6 is 12.4 Å². The topological polar surface area (TPSA) is 64.4 Å². The first-order chi connectivity index (χ1) is 11.6. The maximum Gasteiger partial charge on any atom is 0.241 e. The van der Waals surface area contributed by atoms with E-state index in [-0.39, 0.29) is 18.3 Å². The van der Waals surface area contributed by atoms with Crippen LogP contribution in [0, 0.1) is 11.8 Å². The fourth-order valence-electron chi connectivity index (χ4n) is 3.95. The standard InChI is InChI=1S/C20H30N2O2.ClH/c1-14-2-4-17(5-3-14)19(21)20(23)22-18-8-6-15(7-9-18)16-10-12-24-13-11-16;/h6-9,14,16-17,19H,2-5,10-13,21H2,1H3,(H,22,23);1H/t14-,17-,19-;/m0./s1. The van der Waals surface area contributed by atoms with Gasteiger partial charge in [0.1, 0.15) is 0 Å². The minimum Gasteiger partial charge on any atom is -0.381 e. The molecule has 1 aliphatic carbocycles. The van der Waals surface area contributed by atoms with E-state index in [1.54, 1.807) is 0 Å². The molecule has 1 heterocycles. The molecule has 0 bridgehead atoms. The summed E-state index contributed by atoms with van der Waals surface area (Å²) in [6.07, 6.45) is 6.67. The van der Waals surface area contributed by atoms with Crippen molar-refractivity contribution >= 4 is 24.0 Å². The van der Waals surface area contributed by atoms with E-state index >= 15 is 0 Å². The summed E-state index contributed by atoms with van der Waals surface area (Å²) in [5.74, 6) is 1.63. The van der Waals surface area contributed by atoms with Gasteiger partial charge in [0.25, 0.3) is 0 Å². The minimum atomic E-state index is -0.396. The molecule has 1 atom stereocenters. The summed E-state index contributed by atoms with van der Waals surface area (Å²) in [6.45, 7) is 3.97. The monoisotopic (exact) mass is 366 g/mol. The molecule has 1 aliphatic heterocycles. The Kier molecular flexibility index (Phi) is 7.73. The molecule has 1 aromatic rings. The van der Waals surface area contributed by atoms with Crippen LogP contribution in [-0.4, -0.2) is 25.2 Å². The van der Waals surface area contributed by atoms with Crippen LogP contribution in [0.1, 0.15) is 56.9 Å². The molecule has 5 heteroatoms. The van der Waals surface area contributed by atoms with Gasteiger partial charge in [-0.1, -0.05) is 31.9 Å². The highest BCUT2D eigenvalue weighted by atomic mass is 35.5. The number of hydrogen-bond donors (Lipinski definition) is 2. The van der Waals surface area contributed by atoms with Crippen LogP contribution in [0.15, 0.2) is 24.3 Å². The van der Waals surface area contributed by atoms with Gasteiger partial charge in [0.15, 0.2) is 0 Å². The predicted octanol–water partition coefficient (Wildman–Crippen LogP) is 4.09. The van der Waals surface area contributed by atoms with Crippen molar-refractivity contribution in [3.05, 3.63) is 29.8 Å². The van der Waals surface area contributed by atoms with Gasteiger partial charge >= 0.3 is 0 Å². The summed E-state index contributed by atoms with van der Waals surface area (Å²) in [4.78, 5) is 12.4. The molecule has 140 valence electrons. The molecule has 4 nitrogen and oxygen atoms in total. The van der Waals surface area contributed by atoms with Gasteiger partial charge < -0.3 is 15.8 Å². The summed E-state index contributed by atoms with van der Waals surface area (Å²) in [7, 11) is 0. The molecule has 0 unspecified atom stereocenters. The maximum absolute atomic E-state index is 12.4. The Bertz CT molecular complexity index is 535. The molecule has 25 heavy (non-hydrogen) atoms. The zero-order chi connectivity index (χ0) is 16.9. The number of anilines is 1. The van der Waals surface area contributed by atoms with E-state index in [2.05, 4.69) is 24.4 Å². The zero-order valence-corrected chi connectivity index (χ0v) is 15.9. The fraction of sp³-hybridized carbons (Fsp3) is 0.650. The molecule has 1 amide bonds. The molecule has 2 aliphatic rings. The van der Waals surface area contributed by atoms with E-state index in [0.29, 0.717) is 11.8 Å². The van der Waals surface area contributed by atoms with Crippen molar-refractivity contribution in [2.45, 2.75) is 57.4 Å². The summed E-state index contributed by atoms with van der Waals surface area (Å²) in [6, 6.07) is 7.85. The molecular formula is C20H31ClN2O2. The largest absolute Gasteiger partial charge is 0.381 e. The number of benzene rings is 1. The third kappa shape index (κ3) is 5.44. The average Bonchev–Trinajstić information content (AvgIpc) is 2.63. The highest BCUT2D eigenvalue weighted by Crippen LogP contribution is 2.31. The lowest BCUT2D eigenvalue weighted by Crippen LogP contribution is -2.43. The number of carbonyl (C=O) groups is 1. The lowest BCUT2D eigenvalue weighted by molar-refractivity contribution is -0.118. The Labute approximate surface area is 157 Å². The summed E-state index contributed by atoms with van der Waals surface area (Å²) >= 11 is 0. The normalized spacial score (nSPS) is 25.7. The minimum absolute atomic E-state index is 0. The van der Waals surface area contributed by atoms with E-state index in [1.807, 2.05) is 12.1 Å². The highest BCUT2D eigenvalue weighted by molar-refractivity contribution is 5.94. The number of hydrogen-bond acceptors (Lipinski definition) is 3. The van der Waals surface area contributed by atoms with Crippen molar-refractivity contribution in [2.75, 3.05) is 18.5 Å². The van der Waals surface area contributed by atoms with Crippen molar-refractivity contribution in [1.29, 1.82) is 0 Å². The molecule has 3 N–H and O–H groups in total. The molecular weight excluding hydrogens is 336 g/mol. The van der Waals surface area contributed by atoms with Gasteiger partial charge in [-0.3, -0.25) is 4.79 Å². The van der Waals surface area contributed by atoms with Gasteiger partial charge in [0, 0.05) is 18.9 Å². The zero-order valence-electron chi connectivity index (χ0n) is 15.1. The van der Waals surface area contributed by atoms with Crippen LogP contribution in [0.4, 0.5) is 5.69 Å². The van der Waals surface area contributed by atoms with Crippen molar-refractivity contribution in [3.8, 4) is 0 Å². The van der Waals surface area contributed by atoms with Gasteiger partial charge in [-0.05, 0) is 61.1 Å². The van der Waals surface area contributed by atoms with Gasteiger partial charge in [0.05, 0.1) is 6.04 Å². The lowest BCUT2D eigenvalue weighted by Gasteiger charge is -2.29. The highest BCUT2D eigenvalue weighted by Gasteiger charge is 2.28. The Morgan fingerprint density at radius 3 is 2.28 bits per heavy atom. The third-order valence-electron chi connectivity index (χ3n) is 5.74. The van der Waals surface area contributed by atoms with Crippen molar-refractivity contribution in [2.24, 2.45) is 17.6 Å². The summed E-state index contributed by atoms with van der Waals surface area (Å²) in [5, 5.41) is 2.99. The fourth-order valence-corrected chi connectivity index (χ4v) is 3.95. The Hall–Kier alpha value is -1.10. The predicted molar refractivity (Wildman–Crippen MR) is 104 cm³/mol. The number of amides is 1. The van der Waals surface area contributed by atoms with Gasteiger partial charge in [-0.2, -0.15) is 0 Å². The second-order valence-electron chi connectivity index (χ2n) is 7.54. The quantitative estimate of drug-likeness (QED) is 0.843. The van der Waals surface area contributed by atoms with Crippen LogP contribution in [0.2, 0.25) is 0 Å². The van der Waals surface area contributed by atoms with Crippen LogP contribution < -0.4 is 11.1 Å². The molecule has 0 spiro atoms. The van der Waals surface area contributed by atoms with Gasteiger partial charge in [-0.15, -0.1) is 12.4 Å². The smallest absolute Gasteiger partial charge is 0.241 e. The number of halogens is 1. The van der Waals surface area contributed by atoms with Gasteiger partial charge in [-0.25, -0.2) is 0 Å². The Morgan fingerprint density at radius 2 is 1.68 bits per heavy atom. The molecule has 1 saturated heterocycles. The number of nitrogens with one attached hydrogen (secondary N) is 1. The van der Waals surface area contributed by atoms with Crippen LogP contribution in [0.25, 0.3) is 0 Å². The number of ether oxygens (including phenoxy) is 1. The van der Waals surface area contributed by atoms with Crippen molar-refractivity contribution in [3.63, 3.8) is 0 Å². The number of carbonyl (C=O) groups excluding carboxylic acids is 1. The first-order valence-corrected chi connectivity index (χ1v) is 9.37. The van der Waals surface area contributed by atoms with Crippen LogP contribution in [-0.2, 0) is 9.53 Å². The van der Waals surface area contributed by atoms with Crippen LogP contribution in [0.3, 0.4) is 0 Å². The van der Waals surface area contributed by atoms with Gasteiger partial charge in [0.2, 0.25) is 5.91 Å². The Morgan fingerprint density at radius 1 is 1.08 bits per heavy atom. The van der Waals surface area contributed by atoms with Crippen LogP contribution in [0.5, 0.6) is 0 Å². The SMILES string of the molecule is C[C@H]1CC[C@H]([C@H](N)C(=O)Nc2ccc(C3CCOCC3)cc2)CC1.Cl. The van der Waals surface area contributed by atoms with E-state index < -0.39 is 6.04 Å². The Balaban J connectivity index is 0.00000225. The molecule has 0 aromatic heterocycles. The second-order valence-corrected chi connectivity index (χ2v) is 7.54. The van der Waals surface area contributed by atoms with E-state index in [4.69, 9.17) is 10.5 Å². The number of nitrogens with two attached hydrogens (primary N) is 1. The van der Waals surface area contributed by atoms with E-state index in [0.717, 1.165) is 50.5 Å². The average molecular weight is 367 g/mol. The summed E-state index contributed by atoms with van der Waals surface area (Å²) in [5.41, 5.74) is 8.38. The van der Waals surface area contributed by atoms with Crippen molar-refractivity contribution in [1.82, 2.24) is 0 Å². The molecule has 2 fully saturated rings. The molecule has 0 radical (unpaired) electrons. The maximum atomic E-state index is 12.4. The molecule has 1 aromatic carbocycles. The molecule has 1 saturated carbocycles. The third-order valence-corrected chi connectivity index (χ3v) is 5.74. The lowest BCUT2D eigenvalue weighted by atomic mass is 9.79. The van der Waals surface area contributed by atoms with E-state index in [9.17, 15) is 4.79 Å². The first kappa shape index (κ1) is 20.2. The summed E-state index contributed by atoms with van der Waals surface area (Å²) < 4.78 is 5.42.